The van der Waals surface area contributed by atoms with E-state index in [1.54, 1.807) is 48.7 Å². The summed E-state index contributed by atoms with van der Waals surface area (Å²) in [6.07, 6.45) is 0. The minimum atomic E-state index is -1.22. The first-order chi connectivity index (χ1) is 16.8. The quantitative estimate of drug-likeness (QED) is 0.343. The highest BCUT2D eigenvalue weighted by Crippen LogP contribution is 2.38. The number of benzene rings is 1. The minimum absolute atomic E-state index is 0.0792. The maximum Gasteiger partial charge on any atom is 0.325 e. The molecule has 0 radical (unpaired) electrons. The summed E-state index contributed by atoms with van der Waals surface area (Å²) >= 11 is 1.93. The van der Waals surface area contributed by atoms with Crippen molar-refractivity contribution in [3.8, 4) is 5.75 Å². The zero-order valence-electron chi connectivity index (χ0n) is 18.8. The molecule has 13 heteroatoms. The van der Waals surface area contributed by atoms with Gasteiger partial charge in [-0.05, 0) is 42.0 Å². The van der Waals surface area contributed by atoms with E-state index < -0.39 is 36.3 Å². The molecule has 3 aromatic rings. The minimum Gasteiger partial charge on any atom is -0.495 e. The molecule has 0 aliphatic heterocycles. The number of nitrogens with two attached hydrogens (primary N) is 2. The number of carbonyl (C=O) groups excluding carboxylic acids is 4. The molecule has 0 unspecified atom stereocenters. The van der Waals surface area contributed by atoms with Crippen molar-refractivity contribution in [2.24, 2.45) is 5.73 Å². The van der Waals surface area contributed by atoms with Crippen LogP contribution in [0.5, 0.6) is 5.75 Å². The predicted octanol–water partition coefficient (Wildman–Crippen LogP) is 1.96. The number of ether oxygens (including phenoxy) is 2. The number of aromatic nitrogens is 1. The average molecular weight is 518 g/mol. The van der Waals surface area contributed by atoms with Gasteiger partial charge in [-0.25, -0.2) is 0 Å². The lowest BCUT2D eigenvalue weighted by Crippen LogP contribution is -2.45. The molecule has 2 heterocycles. The van der Waals surface area contributed by atoms with E-state index in [0.29, 0.717) is 22.2 Å². The summed E-state index contributed by atoms with van der Waals surface area (Å²) in [5, 5.41) is 4.28. The van der Waals surface area contributed by atoms with Gasteiger partial charge in [0.25, 0.3) is 11.8 Å². The molecule has 3 amide bonds. The summed E-state index contributed by atoms with van der Waals surface area (Å²) in [5.41, 5.74) is 11.2. The molecule has 0 aliphatic carbocycles. The molecular formula is C22H23N5O6S2. The molecule has 0 saturated heterocycles. The highest BCUT2D eigenvalue weighted by molar-refractivity contribution is 7.10. The lowest BCUT2D eigenvalue weighted by Gasteiger charge is -2.31. The monoisotopic (exact) mass is 517 g/mol. The van der Waals surface area contributed by atoms with Gasteiger partial charge in [-0.1, -0.05) is 18.2 Å². The van der Waals surface area contributed by atoms with Crippen molar-refractivity contribution in [1.29, 1.82) is 0 Å². The number of amides is 3. The van der Waals surface area contributed by atoms with E-state index in [4.69, 9.17) is 20.9 Å². The van der Waals surface area contributed by atoms with E-state index in [9.17, 15) is 19.2 Å². The van der Waals surface area contributed by atoms with Crippen molar-refractivity contribution in [2.75, 3.05) is 30.9 Å². The number of carbonyl (C=O) groups is 4. The number of hydrogen-bond acceptors (Lipinski definition) is 10. The van der Waals surface area contributed by atoms with Gasteiger partial charge in [-0.3, -0.25) is 24.1 Å². The van der Waals surface area contributed by atoms with Crippen molar-refractivity contribution >= 4 is 57.9 Å². The van der Waals surface area contributed by atoms with Gasteiger partial charge in [0, 0.05) is 4.88 Å². The molecule has 11 nitrogen and oxygen atoms in total. The molecule has 0 saturated carbocycles. The maximum atomic E-state index is 13.9. The standard InChI is InChI=1S/C22H23N5O6S2/c1-3-33-15(28)11-25-21(30)18(14-9-6-10-34-14)27(12-7-4-5-8-13(12)32-2)22(31)19-16(23)17(20(24)29)26-35-19/h4-10,18H,3,11,23H2,1-2H3,(H2,24,29)(H,25,30)/t18-/m1/s1. The Hall–Kier alpha value is -3.97. The van der Waals surface area contributed by atoms with Crippen molar-refractivity contribution in [2.45, 2.75) is 13.0 Å². The lowest BCUT2D eigenvalue weighted by atomic mass is 10.1. The third-order valence-electron chi connectivity index (χ3n) is 4.75. The number of esters is 1. The van der Waals surface area contributed by atoms with Crippen LogP contribution in [-0.2, 0) is 14.3 Å². The first kappa shape index (κ1) is 25.6. The smallest absolute Gasteiger partial charge is 0.325 e. The number of thiophene rings is 1. The topological polar surface area (TPSA) is 167 Å². The summed E-state index contributed by atoms with van der Waals surface area (Å²) in [4.78, 5) is 52.5. The second-order valence-electron chi connectivity index (χ2n) is 6.93. The van der Waals surface area contributed by atoms with E-state index in [1.165, 1.54) is 23.3 Å². The Morgan fingerprint density at radius 2 is 1.91 bits per heavy atom. The number of nitrogens with zero attached hydrogens (tertiary/aromatic N) is 2. The van der Waals surface area contributed by atoms with Crippen molar-refractivity contribution in [3.63, 3.8) is 0 Å². The van der Waals surface area contributed by atoms with E-state index in [1.807, 2.05) is 0 Å². The number of nitrogen functional groups attached to an aromatic ring is 1. The summed E-state index contributed by atoms with van der Waals surface area (Å²) in [6, 6.07) is 8.79. The molecular weight excluding hydrogens is 494 g/mol. The Morgan fingerprint density at radius 3 is 2.51 bits per heavy atom. The molecule has 0 fully saturated rings. The third-order valence-corrected chi connectivity index (χ3v) is 6.53. The van der Waals surface area contributed by atoms with Gasteiger partial charge in [0.2, 0.25) is 5.91 Å². The molecule has 2 aromatic heterocycles. The van der Waals surface area contributed by atoms with Gasteiger partial charge in [0.1, 0.15) is 17.2 Å². The Balaban J connectivity index is 2.14. The number of methoxy groups -OCH3 is 1. The third kappa shape index (κ3) is 5.58. The molecule has 3 rings (SSSR count). The van der Waals surface area contributed by atoms with Crippen molar-refractivity contribution < 1.29 is 28.7 Å². The largest absolute Gasteiger partial charge is 0.495 e. The number of para-hydroxylation sites is 2. The first-order valence-corrected chi connectivity index (χ1v) is 11.9. The fourth-order valence-corrected chi connectivity index (χ4v) is 4.78. The SMILES string of the molecule is CCOC(=O)CNC(=O)[C@@H](c1cccs1)N(C(=O)c1snc(C(N)=O)c1N)c1ccccc1OC. The van der Waals surface area contributed by atoms with Crippen LogP contribution in [0.1, 0.15) is 38.0 Å². The van der Waals surface area contributed by atoms with Crippen LogP contribution >= 0.6 is 22.9 Å². The fraction of sp³-hybridized carbons (Fsp3) is 0.227. The number of nitrogens with one attached hydrogen (secondary N) is 1. The molecule has 5 N–H and O–H groups in total. The van der Waals surface area contributed by atoms with Crippen molar-refractivity contribution in [3.05, 3.63) is 57.2 Å². The second kappa shape index (κ2) is 11.4. The Labute approximate surface area is 208 Å². The highest BCUT2D eigenvalue weighted by Gasteiger charge is 2.38. The molecule has 1 aromatic carbocycles. The van der Waals surface area contributed by atoms with Crippen LogP contribution < -0.4 is 26.4 Å². The molecule has 0 bridgehead atoms. The average Bonchev–Trinajstić information content (AvgIpc) is 3.50. The van der Waals surface area contributed by atoms with Gasteiger partial charge in [-0.15, -0.1) is 11.3 Å². The number of primary amides is 1. The van der Waals surface area contributed by atoms with Crippen LogP contribution in [0.2, 0.25) is 0 Å². The number of rotatable bonds is 10. The Bertz CT molecular complexity index is 1230. The Morgan fingerprint density at radius 1 is 1.17 bits per heavy atom. The van der Waals surface area contributed by atoms with Gasteiger partial charge >= 0.3 is 5.97 Å². The van der Waals surface area contributed by atoms with E-state index in [2.05, 4.69) is 9.69 Å². The molecule has 0 aliphatic rings. The number of hydrogen-bond donors (Lipinski definition) is 3. The molecule has 35 heavy (non-hydrogen) atoms. The van der Waals surface area contributed by atoms with Gasteiger partial charge in [0.05, 0.1) is 25.1 Å². The van der Waals surface area contributed by atoms with Gasteiger partial charge in [-0.2, -0.15) is 4.37 Å². The summed E-state index contributed by atoms with van der Waals surface area (Å²) in [5.74, 6) is -2.55. The summed E-state index contributed by atoms with van der Waals surface area (Å²) in [6.45, 7) is 1.41. The first-order valence-electron chi connectivity index (χ1n) is 10.3. The summed E-state index contributed by atoms with van der Waals surface area (Å²) < 4.78 is 14.2. The predicted molar refractivity (Wildman–Crippen MR) is 132 cm³/mol. The zero-order chi connectivity index (χ0) is 25.5. The van der Waals surface area contributed by atoms with Crippen LogP contribution in [-0.4, -0.2) is 48.3 Å². The second-order valence-corrected chi connectivity index (χ2v) is 8.68. The van der Waals surface area contributed by atoms with Gasteiger partial charge in [0.15, 0.2) is 11.7 Å². The lowest BCUT2D eigenvalue weighted by molar-refractivity contribution is -0.143. The fourth-order valence-electron chi connectivity index (χ4n) is 3.22. The van der Waals surface area contributed by atoms with Crippen LogP contribution in [0, 0.1) is 0 Å². The van der Waals surface area contributed by atoms with Gasteiger partial charge < -0.3 is 26.3 Å². The number of anilines is 2. The highest BCUT2D eigenvalue weighted by atomic mass is 32.1. The van der Waals surface area contributed by atoms with Crippen LogP contribution in [0.3, 0.4) is 0 Å². The molecule has 0 spiro atoms. The van der Waals surface area contributed by atoms with Crippen LogP contribution in [0.15, 0.2) is 41.8 Å². The maximum absolute atomic E-state index is 13.9. The van der Waals surface area contributed by atoms with Crippen LogP contribution in [0.25, 0.3) is 0 Å². The van der Waals surface area contributed by atoms with E-state index in [0.717, 1.165) is 0 Å². The molecule has 1 atom stereocenters. The zero-order valence-corrected chi connectivity index (χ0v) is 20.5. The Kier molecular flexibility index (Phi) is 8.39. The van der Waals surface area contributed by atoms with Crippen LogP contribution in [0.4, 0.5) is 11.4 Å². The summed E-state index contributed by atoms with van der Waals surface area (Å²) in [7, 11) is 1.43. The normalized spacial score (nSPS) is 11.4. The molecule has 184 valence electrons. The van der Waals surface area contributed by atoms with E-state index >= 15 is 0 Å². The van der Waals surface area contributed by atoms with E-state index in [-0.39, 0.29) is 28.6 Å². The van der Waals surface area contributed by atoms with Crippen molar-refractivity contribution in [1.82, 2.24) is 9.69 Å².